The van der Waals surface area contributed by atoms with Gasteiger partial charge in [-0.2, -0.15) is 0 Å². The Morgan fingerprint density at radius 3 is 1.53 bits per heavy atom. The van der Waals surface area contributed by atoms with Crippen molar-refractivity contribution in [3.05, 3.63) is 120 Å². The minimum Gasteiger partial charge on any atom is -0.121 e. The highest BCUT2D eigenvalue weighted by molar-refractivity contribution is 7.99. The first-order chi connectivity index (χ1) is 14.8. The zero-order valence-corrected chi connectivity index (χ0v) is 18.5. The first-order valence-corrected chi connectivity index (χ1v) is 11.9. The van der Waals surface area contributed by atoms with Crippen molar-refractivity contribution in [2.45, 2.75) is 21.3 Å². The molecule has 4 rings (SSSR count). The normalized spacial score (nSPS) is 10.8. The third kappa shape index (κ3) is 4.89. The second-order valence-corrected chi connectivity index (χ2v) is 9.12. The molecular formula is C28H24S2. The molecule has 0 nitrogen and oxygen atoms in total. The molecule has 4 aromatic carbocycles. The van der Waals surface area contributed by atoms with Crippen molar-refractivity contribution in [3.63, 3.8) is 0 Å². The summed E-state index contributed by atoms with van der Waals surface area (Å²) in [6.07, 6.45) is 3.81. The van der Waals surface area contributed by atoms with Gasteiger partial charge in [0.1, 0.15) is 0 Å². The minimum absolute atomic E-state index is 0.946. The fourth-order valence-corrected chi connectivity index (χ4v) is 5.62. The van der Waals surface area contributed by atoms with Gasteiger partial charge in [0.05, 0.1) is 0 Å². The third-order valence-corrected chi connectivity index (χ3v) is 7.25. The van der Waals surface area contributed by atoms with E-state index in [-0.39, 0.29) is 0 Å². The molecule has 0 aromatic heterocycles. The Morgan fingerprint density at radius 2 is 1.07 bits per heavy atom. The van der Waals surface area contributed by atoms with Gasteiger partial charge in [-0.25, -0.2) is 0 Å². The summed E-state index contributed by atoms with van der Waals surface area (Å²) in [5.41, 5.74) is 4.98. The average Bonchev–Trinajstić information content (AvgIpc) is 2.81. The maximum atomic E-state index is 3.88. The van der Waals surface area contributed by atoms with Gasteiger partial charge in [-0.05, 0) is 39.8 Å². The van der Waals surface area contributed by atoms with E-state index in [1.54, 1.807) is 0 Å². The average molecular weight is 425 g/mol. The van der Waals surface area contributed by atoms with E-state index in [1.165, 1.54) is 42.8 Å². The van der Waals surface area contributed by atoms with Crippen molar-refractivity contribution < 1.29 is 0 Å². The molecule has 2 heteroatoms. The van der Waals surface area contributed by atoms with E-state index >= 15 is 0 Å². The van der Waals surface area contributed by atoms with Crippen molar-refractivity contribution in [1.29, 1.82) is 0 Å². The Labute approximate surface area is 187 Å². The molecular weight excluding hydrogens is 400 g/mol. The predicted octanol–water partition coefficient (Wildman–Crippen LogP) is 8.71. The molecule has 4 aromatic rings. The molecule has 0 spiro atoms. The molecule has 0 N–H and O–H groups in total. The molecule has 0 radical (unpaired) electrons. The van der Waals surface area contributed by atoms with Gasteiger partial charge in [0.25, 0.3) is 0 Å². The van der Waals surface area contributed by atoms with Crippen LogP contribution >= 0.6 is 23.5 Å². The fourth-order valence-electron chi connectivity index (χ4n) is 3.46. The maximum absolute atomic E-state index is 3.88. The summed E-state index contributed by atoms with van der Waals surface area (Å²) in [7, 11) is 0. The van der Waals surface area contributed by atoms with Crippen molar-refractivity contribution >= 4 is 46.4 Å². The fraction of sp³-hybridized carbons (Fsp3) is 0.0714. The molecule has 0 amide bonds. The van der Waals surface area contributed by atoms with Crippen LogP contribution in [0.15, 0.2) is 108 Å². The van der Waals surface area contributed by atoms with Gasteiger partial charge in [-0.1, -0.05) is 98.1 Å². The number of hydrogen-bond donors (Lipinski definition) is 0. The molecule has 0 unspecified atom stereocenters. The Balaban J connectivity index is 1.59. The lowest BCUT2D eigenvalue weighted by molar-refractivity contribution is 1.36. The first-order valence-electron chi connectivity index (χ1n) is 9.97. The maximum Gasteiger partial charge on any atom is 0.0232 e. The van der Waals surface area contributed by atoms with E-state index in [4.69, 9.17) is 0 Å². The van der Waals surface area contributed by atoms with E-state index in [9.17, 15) is 0 Å². The first kappa shape index (κ1) is 20.6. The zero-order valence-electron chi connectivity index (χ0n) is 16.9. The van der Waals surface area contributed by atoms with Gasteiger partial charge in [-0.15, -0.1) is 23.5 Å². The van der Waals surface area contributed by atoms with E-state index in [2.05, 4.69) is 98.1 Å². The van der Waals surface area contributed by atoms with Crippen LogP contribution in [0.4, 0.5) is 0 Å². The Morgan fingerprint density at radius 1 is 0.600 bits per heavy atom. The second kappa shape index (κ2) is 9.88. The van der Waals surface area contributed by atoms with Gasteiger partial charge in [0.15, 0.2) is 0 Å². The van der Waals surface area contributed by atoms with Crippen LogP contribution in [0.5, 0.6) is 0 Å². The van der Waals surface area contributed by atoms with Gasteiger partial charge >= 0.3 is 0 Å². The van der Waals surface area contributed by atoms with Crippen LogP contribution < -0.4 is 0 Å². The molecule has 0 aliphatic heterocycles. The van der Waals surface area contributed by atoms with Crippen LogP contribution in [0.1, 0.15) is 22.3 Å². The monoisotopic (exact) mass is 424 g/mol. The summed E-state index contributed by atoms with van der Waals surface area (Å²) in [5, 5.41) is 2.65. The molecule has 0 bridgehead atoms. The van der Waals surface area contributed by atoms with Crippen LogP contribution in [0, 0.1) is 0 Å². The molecule has 30 heavy (non-hydrogen) atoms. The number of thioether (sulfide) groups is 2. The predicted molar refractivity (Wildman–Crippen MR) is 136 cm³/mol. The molecule has 0 heterocycles. The summed E-state index contributed by atoms with van der Waals surface area (Å²) in [4.78, 5) is 2.67. The zero-order chi connectivity index (χ0) is 20.8. The highest BCUT2D eigenvalue weighted by atomic mass is 32.2. The van der Waals surface area contributed by atoms with E-state index in [0.29, 0.717) is 0 Å². The summed E-state index contributed by atoms with van der Waals surface area (Å²) < 4.78 is 0. The standard InChI is InChI=1S/C28H24S2/c1-3-21-9-5-11-23(17-21)19-29-26-15-7-13-25-14-8-16-27(28(25)26)30-20-24-12-6-10-22(4-2)18-24/h3-18H,1-2,19-20H2. The minimum atomic E-state index is 0.946. The van der Waals surface area contributed by atoms with Crippen LogP contribution in [-0.2, 0) is 11.5 Å². The molecule has 0 saturated carbocycles. The van der Waals surface area contributed by atoms with E-state index < -0.39 is 0 Å². The smallest absolute Gasteiger partial charge is 0.0232 e. The Kier molecular flexibility index (Phi) is 6.78. The van der Waals surface area contributed by atoms with Gasteiger partial charge in [0.2, 0.25) is 0 Å². The molecule has 0 aliphatic carbocycles. The second-order valence-electron chi connectivity index (χ2n) is 7.09. The molecule has 0 saturated heterocycles. The SMILES string of the molecule is C=Cc1cccc(CSc2cccc3cccc(SCc4cccc(C=C)c4)c23)c1. The summed E-state index contributed by atoms with van der Waals surface area (Å²) >= 11 is 3.81. The Hall–Kier alpha value is -2.68. The highest BCUT2D eigenvalue weighted by Gasteiger charge is 2.09. The van der Waals surface area contributed by atoms with Crippen LogP contribution in [0.25, 0.3) is 22.9 Å². The van der Waals surface area contributed by atoms with E-state index in [0.717, 1.165) is 11.5 Å². The lowest BCUT2D eigenvalue weighted by atomic mass is 10.1. The van der Waals surface area contributed by atoms with Crippen molar-refractivity contribution in [2.75, 3.05) is 0 Å². The Bertz CT molecular complexity index is 1100. The molecule has 0 aliphatic rings. The topological polar surface area (TPSA) is 0 Å². The van der Waals surface area contributed by atoms with Gasteiger partial charge in [-0.3, -0.25) is 0 Å². The quantitative estimate of drug-likeness (QED) is 0.259. The summed E-state index contributed by atoms with van der Waals surface area (Å²) in [6, 6.07) is 30.4. The molecule has 0 atom stereocenters. The van der Waals surface area contributed by atoms with Crippen molar-refractivity contribution in [1.82, 2.24) is 0 Å². The number of fused-ring (bicyclic) bond motifs is 1. The van der Waals surface area contributed by atoms with Crippen LogP contribution in [0.3, 0.4) is 0 Å². The molecule has 0 fully saturated rings. The lowest BCUT2D eigenvalue weighted by Crippen LogP contribution is -1.87. The summed E-state index contributed by atoms with van der Waals surface area (Å²) in [6.45, 7) is 7.77. The van der Waals surface area contributed by atoms with Gasteiger partial charge in [0, 0.05) is 26.7 Å². The van der Waals surface area contributed by atoms with E-state index in [1.807, 2.05) is 35.7 Å². The number of hydrogen-bond acceptors (Lipinski definition) is 2. The van der Waals surface area contributed by atoms with Crippen molar-refractivity contribution in [3.8, 4) is 0 Å². The lowest BCUT2D eigenvalue weighted by Gasteiger charge is -2.12. The highest BCUT2D eigenvalue weighted by Crippen LogP contribution is 2.38. The summed E-state index contributed by atoms with van der Waals surface area (Å²) in [5.74, 6) is 1.89. The van der Waals surface area contributed by atoms with Crippen LogP contribution in [-0.4, -0.2) is 0 Å². The molecule has 148 valence electrons. The van der Waals surface area contributed by atoms with Gasteiger partial charge < -0.3 is 0 Å². The largest absolute Gasteiger partial charge is 0.121 e. The number of benzene rings is 4. The number of rotatable bonds is 8. The van der Waals surface area contributed by atoms with Crippen LogP contribution in [0.2, 0.25) is 0 Å². The third-order valence-electron chi connectivity index (χ3n) is 4.99. The van der Waals surface area contributed by atoms with Crippen molar-refractivity contribution in [2.24, 2.45) is 0 Å².